The molecule has 0 radical (unpaired) electrons. The minimum atomic E-state index is 0.0415. The lowest BCUT2D eigenvalue weighted by Gasteiger charge is -2.21. The first-order valence-corrected chi connectivity index (χ1v) is 6.54. The zero-order valence-electron chi connectivity index (χ0n) is 11.6. The smallest absolute Gasteiger partial charge is 0.224 e. The summed E-state index contributed by atoms with van der Waals surface area (Å²) >= 11 is 0. The van der Waals surface area contributed by atoms with Gasteiger partial charge in [0.05, 0.1) is 25.3 Å². The summed E-state index contributed by atoms with van der Waals surface area (Å²) in [6.07, 6.45) is 2.36. The second-order valence-electron chi connectivity index (χ2n) is 4.66. The van der Waals surface area contributed by atoms with E-state index in [-0.39, 0.29) is 5.91 Å². The van der Waals surface area contributed by atoms with Crippen molar-refractivity contribution >= 4 is 5.91 Å². The lowest BCUT2D eigenvalue weighted by molar-refractivity contribution is -0.131. The number of amides is 1. The summed E-state index contributed by atoms with van der Waals surface area (Å²) in [5, 5.41) is 11.9. The second kappa shape index (κ2) is 8.33. The summed E-state index contributed by atoms with van der Waals surface area (Å²) < 4.78 is 5.24. The lowest BCUT2D eigenvalue weighted by Crippen LogP contribution is -2.34. The Balaban J connectivity index is 2.47. The van der Waals surface area contributed by atoms with Gasteiger partial charge in [0.2, 0.25) is 5.91 Å². The summed E-state index contributed by atoms with van der Waals surface area (Å²) in [7, 11) is 0. The Bertz CT molecular complexity index is 407. The van der Waals surface area contributed by atoms with Gasteiger partial charge in [0.1, 0.15) is 5.76 Å². The fraction of sp³-hybridized carbons (Fsp3) is 0.571. The number of rotatable bonds is 8. The Kier molecular flexibility index (Phi) is 6.69. The average Bonchev–Trinajstić information content (AvgIpc) is 2.86. The van der Waals surface area contributed by atoms with Crippen LogP contribution in [0.3, 0.4) is 0 Å². The van der Waals surface area contributed by atoms with E-state index in [4.69, 9.17) is 9.68 Å². The van der Waals surface area contributed by atoms with Gasteiger partial charge < -0.3 is 14.6 Å². The molecule has 1 amide bonds. The Morgan fingerprint density at radius 2 is 2.37 bits per heavy atom. The Morgan fingerprint density at radius 3 is 2.95 bits per heavy atom. The van der Waals surface area contributed by atoms with Crippen LogP contribution < -0.4 is 5.32 Å². The van der Waals surface area contributed by atoms with Gasteiger partial charge in [-0.05, 0) is 12.1 Å². The molecule has 0 aliphatic carbocycles. The van der Waals surface area contributed by atoms with Crippen LogP contribution in [0.25, 0.3) is 0 Å². The highest BCUT2D eigenvalue weighted by Crippen LogP contribution is 2.07. The highest BCUT2D eigenvalue weighted by molar-refractivity contribution is 5.76. The number of carbonyl (C=O) groups excluding carboxylic acids is 1. The van der Waals surface area contributed by atoms with Gasteiger partial charge >= 0.3 is 0 Å². The summed E-state index contributed by atoms with van der Waals surface area (Å²) in [5.41, 5.74) is 0. The Hall–Kier alpha value is -1.80. The highest BCUT2D eigenvalue weighted by atomic mass is 16.3. The van der Waals surface area contributed by atoms with Crippen LogP contribution in [0.2, 0.25) is 0 Å². The molecule has 1 N–H and O–H groups in total. The second-order valence-corrected chi connectivity index (χ2v) is 4.66. The first-order valence-electron chi connectivity index (χ1n) is 6.54. The number of furan rings is 1. The molecule has 19 heavy (non-hydrogen) atoms. The SMILES string of the molecule is CC(C)NCCC(=O)N(CCC#N)Cc1ccco1. The maximum Gasteiger partial charge on any atom is 0.224 e. The van der Waals surface area contributed by atoms with Gasteiger partial charge in [0.15, 0.2) is 0 Å². The maximum atomic E-state index is 12.1. The van der Waals surface area contributed by atoms with Crippen molar-refractivity contribution in [2.24, 2.45) is 0 Å². The van der Waals surface area contributed by atoms with Gasteiger partial charge in [0, 0.05) is 25.6 Å². The molecule has 0 saturated heterocycles. The van der Waals surface area contributed by atoms with E-state index < -0.39 is 0 Å². The molecular weight excluding hydrogens is 242 g/mol. The number of nitriles is 1. The normalized spacial score (nSPS) is 10.4. The molecular formula is C14H21N3O2. The molecule has 104 valence electrons. The monoisotopic (exact) mass is 263 g/mol. The Labute approximate surface area is 114 Å². The number of hydrogen-bond donors (Lipinski definition) is 1. The zero-order valence-corrected chi connectivity index (χ0v) is 11.6. The topological polar surface area (TPSA) is 69.3 Å². The summed E-state index contributed by atoms with van der Waals surface area (Å²) in [6, 6.07) is 6.06. The highest BCUT2D eigenvalue weighted by Gasteiger charge is 2.14. The van der Waals surface area contributed by atoms with E-state index in [2.05, 4.69) is 11.4 Å². The predicted octanol–water partition coefficient (Wildman–Crippen LogP) is 1.91. The van der Waals surface area contributed by atoms with E-state index in [1.54, 1.807) is 17.2 Å². The molecule has 5 nitrogen and oxygen atoms in total. The van der Waals surface area contributed by atoms with E-state index in [1.807, 2.05) is 19.9 Å². The average molecular weight is 263 g/mol. The van der Waals surface area contributed by atoms with Crippen LogP contribution in [0.1, 0.15) is 32.4 Å². The molecule has 1 heterocycles. The minimum Gasteiger partial charge on any atom is -0.467 e. The summed E-state index contributed by atoms with van der Waals surface area (Å²) in [6.45, 7) is 5.60. The first kappa shape index (κ1) is 15.3. The van der Waals surface area contributed by atoms with Crippen LogP contribution in [0, 0.1) is 11.3 Å². The fourth-order valence-corrected chi connectivity index (χ4v) is 1.69. The van der Waals surface area contributed by atoms with Crippen LogP contribution in [-0.2, 0) is 11.3 Å². The van der Waals surface area contributed by atoms with Crippen molar-refractivity contribution in [1.29, 1.82) is 5.26 Å². The molecule has 0 spiro atoms. The largest absolute Gasteiger partial charge is 0.467 e. The van der Waals surface area contributed by atoms with Gasteiger partial charge in [0.25, 0.3) is 0 Å². The molecule has 1 rings (SSSR count). The van der Waals surface area contributed by atoms with Crippen LogP contribution >= 0.6 is 0 Å². The third-order valence-electron chi connectivity index (χ3n) is 2.66. The minimum absolute atomic E-state index is 0.0415. The molecule has 0 atom stereocenters. The third kappa shape index (κ3) is 6.07. The molecule has 1 aromatic heterocycles. The van der Waals surface area contributed by atoms with Crippen molar-refractivity contribution in [3.63, 3.8) is 0 Å². The van der Waals surface area contributed by atoms with Crippen molar-refractivity contribution in [2.75, 3.05) is 13.1 Å². The van der Waals surface area contributed by atoms with Crippen LogP contribution in [-0.4, -0.2) is 29.9 Å². The van der Waals surface area contributed by atoms with E-state index in [0.29, 0.717) is 38.5 Å². The van der Waals surface area contributed by atoms with Crippen molar-refractivity contribution in [2.45, 2.75) is 39.3 Å². The van der Waals surface area contributed by atoms with E-state index in [9.17, 15) is 4.79 Å². The van der Waals surface area contributed by atoms with Crippen molar-refractivity contribution in [3.8, 4) is 6.07 Å². The van der Waals surface area contributed by atoms with Crippen LogP contribution in [0.15, 0.2) is 22.8 Å². The molecule has 0 aromatic carbocycles. The molecule has 0 bridgehead atoms. The quantitative estimate of drug-likeness (QED) is 0.778. The molecule has 0 saturated carbocycles. The molecule has 0 aliphatic heterocycles. The van der Waals surface area contributed by atoms with Crippen molar-refractivity contribution in [3.05, 3.63) is 24.2 Å². The number of nitrogens with one attached hydrogen (secondary N) is 1. The molecule has 1 aromatic rings. The third-order valence-corrected chi connectivity index (χ3v) is 2.66. The van der Waals surface area contributed by atoms with Gasteiger partial charge in [-0.2, -0.15) is 5.26 Å². The van der Waals surface area contributed by atoms with Crippen molar-refractivity contribution < 1.29 is 9.21 Å². The first-order chi connectivity index (χ1) is 9.13. The Morgan fingerprint density at radius 1 is 1.58 bits per heavy atom. The lowest BCUT2D eigenvalue weighted by atomic mass is 10.3. The number of nitrogens with zero attached hydrogens (tertiary/aromatic N) is 2. The van der Waals surface area contributed by atoms with Gasteiger partial charge in [-0.15, -0.1) is 0 Å². The van der Waals surface area contributed by atoms with Gasteiger partial charge in [-0.1, -0.05) is 13.8 Å². The molecule has 0 aliphatic rings. The number of carbonyl (C=O) groups is 1. The van der Waals surface area contributed by atoms with Crippen molar-refractivity contribution in [1.82, 2.24) is 10.2 Å². The van der Waals surface area contributed by atoms with E-state index in [0.717, 1.165) is 5.76 Å². The summed E-state index contributed by atoms with van der Waals surface area (Å²) in [5.74, 6) is 0.780. The van der Waals surface area contributed by atoms with Gasteiger partial charge in [-0.25, -0.2) is 0 Å². The van der Waals surface area contributed by atoms with Crippen LogP contribution in [0.5, 0.6) is 0 Å². The maximum absolute atomic E-state index is 12.1. The van der Waals surface area contributed by atoms with E-state index in [1.165, 1.54) is 0 Å². The standard InChI is InChI=1S/C14H21N3O2/c1-12(2)16-8-6-14(18)17(9-4-7-15)11-13-5-3-10-19-13/h3,5,10,12,16H,4,6,8-9,11H2,1-2H3. The molecule has 0 fully saturated rings. The zero-order chi connectivity index (χ0) is 14.1. The van der Waals surface area contributed by atoms with Crippen LogP contribution in [0.4, 0.5) is 0 Å². The van der Waals surface area contributed by atoms with Gasteiger partial charge in [-0.3, -0.25) is 4.79 Å². The fourth-order valence-electron chi connectivity index (χ4n) is 1.69. The number of hydrogen-bond acceptors (Lipinski definition) is 4. The van der Waals surface area contributed by atoms with E-state index >= 15 is 0 Å². The summed E-state index contributed by atoms with van der Waals surface area (Å²) in [4.78, 5) is 13.8. The molecule has 0 unspecified atom stereocenters. The predicted molar refractivity (Wildman–Crippen MR) is 72.1 cm³/mol. The molecule has 5 heteroatoms.